The number of hydrogen-bond acceptors (Lipinski definition) is 3. The normalized spacial score (nSPS) is 20.5. The molecule has 0 aromatic carbocycles. The van der Waals surface area contributed by atoms with Gasteiger partial charge in [0.2, 0.25) is 0 Å². The number of carbonyl (C=O) groups excluding carboxylic acids is 1. The number of unbranched alkanes of at least 4 members (excludes halogenated alkanes) is 2. The summed E-state index contributed by atoms with van der Waals surface area (Å²) in [6.07, 6.45) is 3.01. The van der Waals surface area contributed by atoms with Gasteiger partial charge >= 0.3 is 5.97 Å². The molecule has 0 aromatic rings. The molecule has 0 aromatic heterocycles. The topological polar surface area (TPSA) is 46.5 Å². The van der Waals surface area contributed by atoms with Crippen molar-refractivity contribution < 1.29 is 14.6 Å². The minimum Gasteiger partial charge on any atom is -0.422 e. The molecule has 0 aliphatic carbocycles. The number of aliphatic hydroxyl groups excluding tert-OH is 1. The maximum Gasteiger partial charge on any atom is 0.342 e. The van der Waals surface area contributed by atoms with E-state index in [-0.39, 0.29) is 0 Å². The Morgan fingerprint density at radius 1 is 1.50 bits per heavy atom. The molecule has 1 aliphatic heterocycles. The van der Waals surface area contributed by atoms with Gasteiger partial charge in [0, 0.05) is 10.6 Å². The monoisotopic (exact) mass is 288 g/mol. The number of carbonyl (C=O) groups is 1. The van der Waals surface area contributed by atoms with Crippen LogP contribution in [-0.2, 0) is 9.53 Å². The molecule has 0 saturated heterocycles. The highest BCUT2D eigenvalue weighted by Gasteiger charge is 2.31. The second-order valence-corrected chi connectivity index (χ2v) is 4.37. The average molecular weight is 289 g/mol. The Bertz CT molecular complexity index is 331. The lowest BCUT2D eigenvalue weighted by Crippen LogP contribution is -2.16. The van der Waals surface area contributed by atoms with Crippen molar-refractivity contribution in [1.29, 1.82) is 0 Å². The Kier molecular flexibility index (Phi) is 5.22. The fourth-order valence-electron chi connectivity index (χ4n) is 1.74. The Labute approximate surface area is 104 Å². The third kappa shape index (κ3) is 2.95. The summed E-state index contributed by atoms with van der Waals surface area (Å²) in [6, 6.07) is 0. The largest absolute Gasteiger partial charge is 0.422 e. The van der Waals surface area contributed by atoms with E-state index in [1.807, 2.05) is 0 Å². The smallest absolute Gasteiger partial charge is 0.342 e. The molecule has 3 nitrogen and oxygen atoms in total. The molecule has 16 heavy (non-hydrogen) atoms. The van der Waals surface area contributed by atoms with Gasteiger partial charge in [-0.15, -0.1) is 0 Å². The van der Waals surface area contributed by atoms with Gasteiger partial charge in [0.25, 0.3) is 0 Å². The molecule has 0 fully saturated rings. The van der Waals surface area contributed by atoms with Crippen LogP contribution in [0.3, 0.4) is 0 Å². The van der Waals surface area contributed by atoms with Crippen molar-refractivity contribution in [2.24, 2.45) is 0 Å². The molecular formula is C12H17BrO3. The summed E-state index contributed by atoms with van der Waals surface area (Å²) in [6.45, 7) is 3.89. The fraction of sp³-hybridized carbons (Fsp3) is 0.583. The first-order chi connectivity index (χ1) is 7.61. The van der Waals surface area contributed by atoms with Crippen molar-refractivity contribution in [3.05, 3.63) is 21.9 Å². The lowest BCUT2D eigenvalue weighted by molar-refractivity contribution is -0.134. The summed E-state index contributed by atoms with van der Waals surface area (Å²) >= 11 is 3.13. The van der Waals surface area contributed by atoms with Gasteiger partial charge in [0.15, 0.2) is 0 Å². The Morgan fingerprint density at radius 3 is 2.69 bits per heavy atom. The minimum absolute atomic E-state index is 0.404. The maximum absolute atomic E-state index is 11.5. The van der Waals surface area contributed by atoms with E-state index in [2.05, 4.69) is 22.9 Å². The summed E-state index contributed by atoms with van der Waals surface area (Å²) in [5.41, 5.74) is 1.13. The van der Waals surface area contributed by atoms with E-state index in [1.165, 1.54) is 0 Å². The van der Waals surface area contributed by atoms with Crippen LogP contribution in [0, 0.1) is 0 Å². The van der Waals surface area contributed by atoms with Crippen LogP contribution in [0.2, 0.25) is 0 Å². The molecular weight excluding hydrogens is 272 g/mol. The predicted octanol–water partition coefficient (Wildman–Crippen LogP) is 3.04. The number of hydrogen-bond donors (Lipinski definition) is 1. The predicted molar refractivity (Wildman–Crippen MR) is 66.0 cm³/mol. The molecule has 0 saturated carbocycles. The summed E-state index contributed by atoms with van der Waals surface area (Å²) in [7, 11) is 0. The third-order valence-electron chi connectivity index (χ3n) is 2.71. The van der Waals surface area contributed by atoms with Gasteiger partial charge in [-0.05, 0) is 13.3 Å². The van der Waals surface area contributed by atoms with Crippen LogP contribution in [0.25, 0.3) is 0 Å². The number of ether oxygens (including phenoxy) is 1. The molecule has 0 radical (unpaired) electrons. The molecule has 1 rings (SSSR count). The first kappa shape index (κ1) is 13.5. The number of halogens is 1. The number of rotatable bonds is 5. The zero-order chi connectivity index (χ0) is 12.1. The van der Waals surface area contributed by atoms with E-state index in [0.29, 0.717) is 17.8 Å². The van der Waals surface area contributed by atoms with Crippen LogP contribution < -0.4 is 0 Å². The summed E-state index contributed by atoms with van der Waals surface area (Å²) in [4.78, 5) is 13.1. The Balaban J connectivity index is 2.70. The number of allylic oxidation sites excluding steroid dienone is 1. The van der Waals surface area contributed by atoms with Crippen LogP contribution in [-0.4, -0.2) is 17.2 Å². The number of aliphatic hydroxyl groups is 1. The molecule has 1 aliphatic rings. The standard InChI is InChI=1S/C12H17BrO3/c1-3-4-5-6-9(14)11-8(2)10(7-13)16-12(11)15/h7,9,14H,3-6H2,1-2H3/b10-7-. The third-order valence-corrected chi connectivity index (χ3v) is 3.13. The lowest BCUT2D eigenvalue weighted by Gasteiger charge is -2.09. The van der Waals surface area contributed by atoms with E-state index in [1.54, 1.807) is 11.9 Å². The van der Waals surface area contributed by atoms with Crippen molar-refractivity contribution in [1.82, 2.24) is 0 Å². The fourth-order valence-corrected chi connectivity index (χ4v) is 2.18. The Hall–Kier alpha value is -0.610. The molecule has 90 valence electrons. The van der Waals surface area contributed by atoms with Gasteiger partial charge in [0.1, 0.15) is 5.76 Å². The van der Waals surface area contributed by atoms with Gasteiger partial charge in [-0.25, -0.2) is 4.79 Å². The van der Waals surface area contributed by atoms with Crippen molar-refractivity contribution in [3.8, 4) is 0 Å². The van der Waals surface area contributed by atoms with Crippen LogP contribution >= 0.6 is 15.9 Å². The summed E-state index contributed by atoms with van der Waals surface area (Å²) in [5.74, 6) is 0.0711. The number of esters is 1. The summed E-state index contributed by atoms with van der Waals surface area (Å²) < 4.78 is 5.00. The van der Waals surface area contributed by atoms with E-state index >= 15 is 0 Å². The highest BCUT2D eigenvalue weighted by Crippen LogP contribution is 2.30. The van der Waals surface area contributed by atoms with E-state index in [9.17, 15) is 9.90 Å². The molecule has 0 amide bonds. The van der Waals surface area contributed by atoms with Gasteiger partial charge in [-0.1, -0.05) is 42.1 Å². The highest BCUT2D eigenvalue weighted by molar-refractivity contribution is 9.11. The first-order valence-corrected chi connectivity index (χ1v) is 6.45. The first-order valence-electron chi connectivity index (χ1n) is 5.53. The van der Waals surface area contributed by atoms with Gasteiger partial charge in [-0.2, -0.15) is 0 Å². The molecule has 4 heteroatoms. The maximum atomic E-state index is 11.5. The van der Waals surface area contributed by atoms with Crippen LogP contribution in [0.15, 0.2) is 21.9 Å². The SMILES string of the molecule is CCCCCC(O)C1=C(C)/C(=C/Br)OC1=O. The summed E-state index contributed by atoms with van der Waals surface area (Å²) in [5, 5.41) is 9.93. The quantitative estimate of drug-likeness (QED) is 0.625. The van der Waals surface area contributed by atoms with Gasteiger partial charge in [0.05, 0.1) is 11.7 Å². The zero-order valence-electron chi connectivity index (χ0n) is 9.62. The number of cyclic esters (lactones) is 1. The highest BCUT2D eigenvalue weighted by atomic mass is 79.9. The molecule has 0 bridgehead atoms. The molecule has 1 unspecified atom stereocenters. The van der Waals surface area contributed by atoms with Crippen molar-refractivity contribution in [2.75, 3.05) is 0 Å². The molecule has 1 N–H and O–H groups in total. The van der Waals surface area contributed by atoms with Crippen LogP contribution in [0.1, 0.15) is 39.5 Å². The van der Waals surface area contributed by atoms with Crippen molar-refractivity contribution in [3.63, 3.8) is 0 Å². The van der Waals surface area contributed by atoms with Gasteiger partial charge in [-0.3, -0.25) is 0 Å². The second-order valence-electron chi connectivity index (χ2n) is 3.91. The zero-order valence-corrected chi connectivity index (χ0v) is 11.2. The van der Waals surface area contributed by atoms with Crippen LogP contribution in [0.5, 0.6) is 0 Å². The lowest BCUT2D eigenvalue weighted by atomic mass is 10.00. The van der Waals surface area contributed by atoms with E-state index < -0.39 is 12.1 Å². The Morgan fingerprint density at radius 2 is 2.19 bits per heavy atom. The van der Waals surface area contributed by atoms with E-state index in [0.717, 1.165) is 24.8 Å². The van der Waals surface area contributed by atoms with Gasteiger partial charge < -0.3 is 9.84 Å². The molecule has 1 atom stereocenters. The second kappa shape index (κ2) is 6.21. The van der Waals surface area contributed by atoms with Crippen LogP contribution in [0.4, 0.5) is 0 Å². The van der Waals surface area contributed by atoms with E-state index in [4.69, 9.17) is 4.74 Å². The molecule has 1 heterocycles. The average Bonchev–Trinajstić information content (AvgIpc) is 2.54. The van der Waals surface area contributed by atoms with Crippen molar-refractivity contribution >= 4 is 21.9 Å². The minimum atomic E-state index is -0.705. The van der Waals surface area contributed by atoms with Crippen molar-refractivity contribution in [2.45, 2.75) is 45.6 Å². The molecule has 0 spiro atoms.